The molecular formula is C20H30O13. The Hall–Kier alpha value is -2.29. The monoisotopic (exact) mass is 478 g/mol. The normalized spacial score (nSPS) is 35.0. The minimum absolute atomic E-state index is 0.0412. The van der Waals surface area contributed by atoms with Crippen LogP contribution in [-0.2, 0) is 42.8 Å². The number of ether oxygens (including phenoxy) is 6. The number of aliphatic hydroxyl groups excluding tert-OH is 4. The van der Waals surface area contributed by atoms with Crippen LogP contribution >= 0.6 is 0 Å². The number of aliphatic hydroxyl groups is 4. The molecule has 0 aromatic carbocycles. The van der Waals surface area contributed by atoms with Gasteiger partial charge in [0.15, 0.2) is 6.29 Å². The maximum atomic E-state index is 12.3. The highest BCUT2D eigenvalue weighted by Crippen LogP contribution is 2.39. The molecule has 0 amide bonds. The Labute approximate surface area is 189 Å². The zero-order valence-electron chi connectivity index (χ0n) is 18.7. The lowest BCUT2D eigenvalue weighted by Gasteiger charge is -2.44. The zero-order chi connectivity index (χ0) is 24.9. The molecule has 0 aromatic rings. The molecule has 2 aliphatic rings. The number of methoxy groups -OCH3 is 2. The van der Waals surface area contributed by atoms with Gasteiger partial charge in [-0.2, -0.15) is 0 Å². The van der Waals surface area contributed by atoms with Gasteiger partial charge >= 0.3 is 17.9 Å². The molecule has 13 heteroatoms. The number of carbonyl (C=O) groups excluding carboxylic acids is 3. The number of hydrogen-bond acceptors (Lipinski definition) is 13. The van der Waals surface area contributed by atoms with Crippen molar-refractivity contribution in [2.24, 2.45) is 11.8 Å². The average Bonchev–Trinajstić information content (AvgIpc) is 2.78. The molecule has 0 unspecified atom stereocenters. The summed E-state index contributed by atoms with van der Waals surface area (Å²) in [4.78, 5) is 36.0. The summed E-state index contributed by atoms with van der Waals surface area (Å²) >= 11 is 0. The standard InChI is InChI=1S/C20H30O13/c1-8(31-9(2)22)14-10(5-13(23)28-3)11(18(27)29-4)7-30-19(14)33-20-17(26)16(25)15(24)12(6-21)32-20/h7-8,10,12,14-17,19-21,24-26H,5-6H2,1-4H3/t8-,10+,12+,14+,15+,16-,17+,19+,20-/m0/s1. The van der Waals surface area contributed by atoms with Crippen LogP contribution in [0.2, 0.25) is 0 Å². The Kier molecular flexibility index (Phi) is 9.57. The summed E-state index contributed by atoms with van der Waals surface area (Å²) in [7, 11) is 2.30. The molecule has 9 atom stereocenters. The van der Waals surface area contributed by atoms with Gasteiger partial charge in [-0.25, -0.2) is 4.79 Å². The summed E-state index contributed by atoms with van der Waals surface area (Å²) < 4.78 is 31.3. The first-order chi connectivity index (χ1) is 15.5. The second-order valence-electron chi connectivity index (χ2n) is 7.68. The van der Waals surface area contributed by atoms with E-state index in [9.17, 15) is 34.8 Å². The highest BCUT2D eigenvalue weighted by Gasteiger charge is 2.50. The van der Waals surface area contributed by atoms with Crippen LogP contribution in [0, 0.1) is 11.8 Å². The molecule has 2 aliphatic heterocycles. The van der Waals surface area contributed by atoms with Crippen molar-refractivity contribution in [3.8, 4) is 0 Å². The van der Waals surface area contributed by atoms with Gasteiger partial charge in [0, 0.05) is 12.8 Å². The summed E-state index contributed by atoms with van der Waals surface area (Å²) in [6.45, 7) is 1.98. The minimum atomic E-state index is -1.74. The van der Waals surface area contributed by atoms with Crippen LogP contribution in [0.5, 0.6) is 0 Å². The summed E-state index contributed by atoms with van der Waals surface area (Å²) in [6, 6.07) is 0. The first-order valence-electron chi connectivity index (χ1n) is 10.2. The van der Waals surface area contributed by atoms with Crippen LogP contribution in [-0.4, -0.2) is 102 Å². The van der Waals surface area contributed by atoms with Crippen LogP contribution in [0.1, 0.15) is 20.3 Å². The summed E-state index contributed by atoms with van der Waals surface area (Å²) in [5.41, 5.74) is -0.0412. The second kappa shape index (κ2) is 11.7. The Morgan fingerprint density at radius 1 is 1.06 bits per heavy atom. The minimum Gasteiger partial charge on any atom is -0.471 e. The van der Waals surface area contributed by atoms with Gasteiger partial charge in [-0.1, -0.05) is 0 Å². The van der Waals surface area contributed by atoms with Crippen LogP contribution in [0.15, 0.2) is 11.8 Å². The van der Waals surface area contributed by atoms with E-state index >= 15 is 0 Å². The van der Waals surface area contributed by atoms with Crippen molar-refractivity contribution < 1.29 is 63.2 Å². The molecular weight excluding hydrogens is 448 g/mol. The molecule has 188 valence electrons. The number of esters is 3. The molecule has 1 fully saturated rings. The van der Waals surface area contributed by atoms with Crippen LogP contribution in [0.25, 0.3) is 0 Å². The molecule has 0 bridgehead atoms. The van der Waals surface area contributed by atoms with Crippen molar-refractivity contribution in [1.82, 2.24) is 0 Å². The topological polar surface area (TPSA) is 188 Å². The Balaban J connectivity index is 2.41. The van der Waals surface area contributed by atoms with E-state index in [1.54, 1.807) is 0 Å². The molecule has 0 aliphatic carbocycles. The van der Waals surface area contributed by atoms with Gasteiger partial charge in [0.2, 0.25) is 6.29 Å². The average molecular weight is 478 g/mol. The SMILES string of the molecule is COC(=O)C[C@@H]1C(C(=O)OC)=CO[C@H](O[C@@H]2O[C@H](CO)[C@@H](O)[C@H](O)[C@H]2O)[C@@H]1[C@H](C)OC(C)=O. The van der Waals surface area contributed by atoms with Crippen molar-refractivity contribution in [2.45, 2.75) is 63.4 Å². The molecule has 2 rings (SSSR count). The van der Waals surface area contributed by atoms with Gasteiger partial charge < -0.3 is 48.8 Å². The van der Waals surface area contributed by atoms with Gasteiger partial charge in [0.1, 0.15) is 30.5 Å². The predicted octanol–water partition coefficient (Wildman–Crippen LogP) is -2.04. The molecule has 0 radical (unpaired) electrons. The smallest absolute Gasteiger partial charge is 0.337 e. The van der Waals surface area contributed by atoms with E-state index in [2.05, 4.69) is 0 Å². The lowest BCUT2D eigenvalue weighted by Crippen LogP contribution is -2.60. The van der Waals surface area contributed by atoms with E-state index in [1.165, 1.54) is 13.8 Å². The Bertz CT molecular complexity index is 735. The quantitative estimate of drug-likeness (QED) is 0.221. The highest BCUT2D eigenvalue weighted by molar-refractivity contribution is 5.90. The number of rotatable bonds is 8. The van der Waals surface area contributed by atoms with Crippen LogP contribution < -0.4 is 0 Å². The van der Waals surface area contributed by atoms with Gasteiger partial charge in [0.25, 0.3) is 0 Å². The van der Waals surface area contributed by atoms with Gasteiger partial charge in [-0.05, 0) is 6.92 Å². The molecule has 1 saturated heterocycles. The molecule has 4 N–H and O–H groups in total. The first kappa shape index (κ1) is 27.0. The summed E-state index contributed by atoms with van der Waals surface area (Å²) in [5, 5.41) is 39.7. The maximum Gasteiger partial charge on any atom is 0.337 e. The third kappa shape index (κ3) is 6.19. The number of carbonyl (C=O) groups is 3. The second-order valence-corrected chi connectivity index (χ2v) is 7.68. The van der Waals surface area contributed by atoms with Crippen LogP contribution in [0.3, 0.4) is 0 Å². The van der Waals surface area contributed by atoms with E-state index in [0.29, 0.717) is 0 Å². The third-order valence-electron chi connectivity index (χ3n) is 5.55. The van der Waals surface area contributed by atoms with Crippen molar-refractivity contribution in [3.05, 3.63) is 11.8 Å². The predicted molar refractivity (Wildman–Crippen MR) is 105 cm³/mol. The van der Waals surface area contributed by atoms with Crippen molar-refractivity contribution >= 4 is 17.9 Å². The van der Waals surface area contributed by atoms with Crippen molar-refractivity contribution in [2.75, 3.05) is 20.8 Å². The molecule has 2 heterocycles. The zero-order valence-corrected chi connectivity index (χ0v) is 18.7. The maximum absolute atomic E-state index is 12.3. The lowest BCUT2D eigenvalue weighted by molar-refractivity contribution is -0.345. The Morgan fingerprint density at radius 2 is 1.73 bits per heavy atom. The van der Waals surface area contributed by atoms with Crippen molar-refractivity contribution in [1.29, 1.82) is 0 Å². The molecule has 13 nitrogen and oxygen atoms in total. The van der Waals surface area contributed by atoms with E-state index < -0.39 is 79.5 Å². The highest BCUT2D eigenvalue weighted by atomic mass is 16.8. The van der Waals surface area contributed by atoms with E-state index in [4.69, 9.17) is 28.4 Å². The van der Waals surface area contributed by atoms with Crippen LogP contribution in [0.4, 0.5) is 0 Å². The van der Waals surface area contributed by atoms with Gasteiger partial charge in [-0.3, -0.25) is 9.59 Å². The summed E-state index contributed by atoms with van der Waals surface area (Å²) in [5.74, 6) is -4.08. The molecule has 0 spiro atoms. The fraction of sp³-hybridized carbons (Fsp3) is 0.750. The van der Waals surface area contributed by atoms with Gasteiger partial charge in [-0.15, -0.1) is 0 Å². The fourth-order valence-electron chi connectivity index (χ4n) is 3.87. The first-order valence-corrected chi connectivity index (χ1v) is 10.2. The van der Waals surface area contributed by atoms with Gasteiger partial charge in [0.05, 0.1) is 45.0 Å². The largest absolute Gasteiger partial charge is 0.471 e. The molecule has 0 saturated carbocycles. The fourth-order valence-corrected chi connectivity index (χ4v) is 3.87. The molecule has 33 heavy (non-hydrogen) atoms. The van der Waals surface area contributed by atoms with E-state index in [1.807, 2.05) is 0 Å². The lowest BCUT2D eigenvalue weighted by atomic mass is 9.78. The molecule has 0 aromatic heterocycles. The third-order valence-corrected chi connectivity index (χ3v) is 5.55. The van der Waals surface area contributed by atoms with Crippen molar-refractivity contribution in [3.63, 3.8) is 0 Å². The number of hydrogen-bond donors (Lipinski definition) is 4. The Morgan fingerprint density at radius 3 is 2.27 bits per heavy atom. The van der Waals surface area contributed by atoms with E-state index in [0.717, 1.165) is 20.5 Å². The summed E-state index contributed by atoms with van der Waals surface area (Å²) in [6.07, 6.45) is -9.51. The van der Waals surface area contributed by atoms with E-state index in [-0.39, 0.29) is 12.0 Å².